The van der Waals surface area contributed by atoms with Gasteiger partial charge in [0.05, 0.1) is 19.1 Å². The maximum absolute atomic E-state index is 11.5. The quantitative estimate of drug-likeness (QED) is 0.639. The van der Waals surface area contributed by atoms with Gasteiger partial charge in [-0.25, -0.2) is 0 Å². The summed E-state index contributed by atoms with van der Waals surface area (Å²) in [5, 5.41) is 12.3. The molecule has 1 aromatic carbocycles. The van der Waals surface area contributed by atoms with Gasteiger partial charge in [0.15, 0.2) is 0 Å². The second-order valence-corrected chi connectivity index (χ2v) is 4.88. The highest BCUT2D eigenvalue weighted by Gasteiger charge is 2.29. The fraction of sp³-hybridized carbons (Fsp3) is 0.500. The van der Waals surface area contributed by atoms with Crippen molar-refractivity contribution < 1.29 is 14.6 Å². The lowest BCUT2D eigenvalue weighted by atomic mass is 10.2. The fourth-order valence-electron chi connectivity index (χ4n) is 1.82. The normalized spacial score (nSPS) is 15.8. The summed E-state index contributed by atoms with van der Waals surface area (Å²) in [5.74, 6) is 0.929. The van der Waals surface area contributed by atoms with Gasteiger partial charge in [-0.2, -0.15) is 0 Å². The van der Waals surface area contributed by atoms with Crippen molar-refractivity contribution in [2.75, 3.05) is 18.9 Å². The first-order chi connectivity index (χ1) is 9.15. The van der Waals surface area contributed by atoms with Gasteiger partial charge in [-0.05, 0) is 30.9 Å². The maximum Gasteiger partial charge on any atom is 0.223 e. The van der Waals surface area contributed by atoms with Crippen molar-refractivity contribution in [2.45, 2.75) is 25.4 Å². The standard InChI is InChI=1S/C14H20N2O3/c15-11-2-1-3-12(8-11)19-7-6-14(18)16-9-13(17)10-4-5-10/h1-3,8,10,13,17H,4-7,9,15H2,(H,16,18). The molecule has 0 bridgehead atoms. The predicted octanol–water partition coefficient (Wildman–Crippen LogP) is 0.925. The van der Waals surface area contributed by atoms with E-state index >= 15 is 0 Å². The van der Waals surface area contributed by atoms with Gasteiger partial charge in [-0.1, -0.05) is 6.07 Å². The van der Waals surface area contributed by atoms with Gasteiger partial charge in [-0.3, -0.25) is 4.79 Å². The van der Waals surface area contributed by atoms with Crippen LogP contribution in [0.4, 0.5) is 5.69 Å². The van der Waals surface area contributed by atoms with E-state index in [1.807, 2.05) is 0 Å². The molecule has 1 fully saturated rings. The van der Waals surface area contributed by atoms with Crippen molar-refractivity contribution in [1.29, 1.82) is 0 Å². The molecule has 1 aliphatic carbocycles. The Bertz CT molecular complexity index is 432. The van der Waals surface area contributed by atoms with Gasteiger partial charge >= 0.3 is 0 Å². The number of nitrogen functional groups attached to an aromatic ring is 1. The van der Waals surface area contributed by atoms with Crippen LogP contribution in [0.3, 0.4) is 0 Å². The highest BCUT2D eigenvalue weighted by Crippen LogP contribution is 2.32. The van der Waals surface area contributed by atoms with Crippen LogP contribution in [0.5, 0.6) is 5.75 Å². The van der Waals surface area contributed by atoms with Crippen LogP contribution in [0, 0.1) is 5.92 Å². The second-order valence-electron chi connectivity index (χ2n) is 4.88. The van der Waals surface area contributed by atoms with Gasteiger partial charge in [0, 0.05) is 18.3 Å². The number of hydrogen-bond donors (Lipinski definition) is 3. The average Bonchev–Trinajstić information content (AvgIpc) is 3.20. The van der Waals surface area contributed by atoms with E-state index in [2.05, 4.69) is 5.32 Å². The zero-order valence-corrected chi connectivity index (χ0v) is 10.8. The number of aliphatic hydroxyl groups excluding tert-OH is 1. The summed E-state index contributed by atoms with van der Waals surface area (Å²) < 4.78 is 5.42. The zero-order valence-electron chi connectivity index (χ0n) is 10.8. The summed E-state index contributed by atoms with van der Waals surface area (Å²) in [4.78, 5) is 11.5. The smallest absolute Gasteiger partial charge is 0.223 e. The molecular weight excluding hydrogens is 244 g/mol. The molecule has 5 nitrogen and oxygen atoms in total. The SMILES string of the molecule is Nc1cccc(OCCC(=O)NCC(O)C2CC2)c1. The van der Waals surface area contributed by atoms with E-state index in [0.717, 1.165) is 12.8 Å². The molecule has 0 saturated heterocycles. The van der Waals surface area contributed by atoms with Crippen LogP contribution in [0.25, 0.3) is 0 Å². The Kier molecular flexibility index (Phi) is 4.63. The number of rotatable bonds is 7. The molecule has 1 atom stereocenters. The monoisotopic (exact) mass is 264 g/mol. The molecule has 19 heavy (non-hydrogen) atoms. The van der Waals surface area contributed by atoms with E-state index in [1.165, 1.54) is 0 Å². The van der Waals surface area contributed by atoms with E-state index in [1.54, 1.807) is 24.3 Å². The van der Waals surface area contributed by atoms with Crippen LogP contribution in [-0.2, 0) is 4.79 Å². The number of nitrogens with one attached hydrogen (secondary N) is 1. The second kappa shape index (κ2) is 6.43. The van der Waals surface area contributed by atoms with Gasteiger partial charge in [0.2, 0.25) is 5.91 Å². The van der Waals surface area contributed by atoms with Crippen molar-refractivity contribution in [3.8, 4) is 5.75 Å². The van der Waals surface area contributed by atoms with Crippen LogP contribution in [0.15, 0.2) is 24.3 Å². The van der Waals surface area contributed by atoms with E-state index in [9.17, 15) is 9.90 Å². The Hall–Kier alpha value is -1.75. The number of carbonyl (C=O) groups is 1. The van der Waals surface area contributed by atoms with Crippen LogP contribution in [-0.4, -0.2) is 30.3 Å². The third-order valence-corrected chi connectivity index (χ3v) is 3.13. The van der Waals surface area contributed by atoms with E-state index < -0.39 is 6.10 Å². The summed E-state index contributed by atoms with van der Waals surface area (Å²) >= 11 is 0. The lowest BCUT2D eigenvalue weighted by Crippen LogP contribution is -2.33. The molecule has 1 aliphatic rings. The first kappa shape index (κ1) is 13.7. The number of hydrogen-bond acceptors (Lipinski definition) is 4. The summed E-state index contributed by atoms with van der Waals surface area (Å²) in [7, 11) is 0. The van der Waals surface area contributed by atoms with Crippen molar-refractivity contribution >= 4 is 11.6 Å². The van der Waals surface area contributed by atoms with Crippen LogP contribution < -0.4 is 15.8 Å². The zero-order chi connectivity index (χ0) is 13.7. The van der Waals surface area contributed by atoms with Crippen molar-refractivity contribution in [3.05, 3.63) is 24.3 Å². The van der Waals surface area contributed by atoms with Crippen LogP contribution >= 0.6 is 0 Å². The Morgan fingerprint density at radius 1 is 1.53 bits per heavy atom. The molecule has 0 spiro atoms. The van der Waals surface area contributed by atoms with E-state index in [-0.39, 0.29) is 12.3 Å². The molecule has 5 heteroatoms. The third kappa shape index (κ3) is 4.79. The average molecular weight is 264 g/mol. The molecule has 104 valence electrons. The van der Waals surface area contributed by atoms with Gasteiger partial charge in [-0.15, -0.1) is 0 Å². The number of anilines is 1. The molecule has 1 amide bonds. The topological polar surface area (TPSA) is 84.6 Å². The van der Waals surface area contributed by atoms with Gasteiger partial charge in [0.1, 0.15) is 5.75 Å². The molecule has 1 saturated carbocycles. The summed E-state index contributed by atoms with van der Waals surface area (Å²) in [6.45, 7) is 0.636. The summed E-state index contributed by atoms with van der Waals surface area (Å²) in [6, 6.07) is 7.09. The van der Waals surface area contributed by atoms with Crippen molar-refractivity contribution in [2.24, 2.45) is 5.92 Å². The minimum atomic E-state index is -0.404. The van der Waals surface area contributed by atoms with Crippen molar-refractivity contribution in [3.63, 3.8) is 0 Å². The highest BCUT2D eigenvalue weighted by atomic mass is 16.5. The van der Waals surface area contributed by atoms with Crippen LogP contribution in [0.1, 0.15) is 19.3 Å². The van der Waals surface area contributed by atoms with Gasteiger partial charge in [0.25, 0.3) is 0 Å². The summed E-state index contributed by atoms with van der Waals surface area (Å²) in [5.41, 5.74) is 6.25. The van der Waals surface area contributed by atoms with Gasteiger partial charge < -0.3 is 20.9 Å². The molecule has 4 N–H and O–H groups in total. The lowest BCUT2D eigenvalue weighted by molar-refractivity contribution is -0.122. The Labute approximate surface area is 112 Å². The minimum Gasteiger partial charge on any atom is -0.493 e. The molecule has 0 radical (unpaired) electrons. The number of carbonyl (C=O) groups excluding carboxylic acids is 1. The largest absolute Gasteiger partial charge is 0.493 e. The Balaban J connectivity index is 1.60. The molecule has 0 heterocycles. The molecule has 0 aliphatic heterocycles. The fourth-order valence-corrected chi connectivity index (χ4v) is 1.82. The number of nitrogens with two attached hydrogens (primary N) is 1. The van der Waals surface area contributed by atoms with Crippen molar-refractivity contribution in [1.82, 2.24) is 5.32 Å². The first-order valence-electron chi connectivity index (χ1n) is 6.58. The molecular formula is C14H20N2O3. The Morgan fingerprint density at radius 2 is 2.32 bits per heavy atom. The summed E-state index contributed by atoms with van der Waals surface area (Å²) in [6.07, 6.45) is 2.00. The Morgan fingerprint density at radius 3 is 3.00 bits per heavy atom. The predicted molar refractivity (Wildman–Crippen MR) is 72.7 cm³/mol. The van der Waals surface area contributed by atoms with E-state index in [0.29, 0.717) is 30.5 Å². The first-order valence-corrected chi connectivity index (χ1v) is 6.58. The molecule has 1 aromatic rings. The number of aliphatic hydroxyl groups is 1. The van der Waals surface area contributed by atoms with E-state index in [4.69, 9.17) is 10.5 Å². The molecule has 2 rings (SSSR count). The number of benzene rings is 1. The molecule has 1 unspecified atom stereocenters. The molecule has 0 aromatic heterocycles. The van der Waals surface area contributed by atoms with Crippen LogP contribution in [0.2, 0.25) is 0 Å². The third-order valence-electron chi connectivity index (χ3n) is 3.13. The number of ether oxygens (including phenoxy) is 1. The number of amides is 1. The maximum atomic E-state index is 11.5. The lowest BCUT2D eigenvalue weighted by Gasteiger charge is -2.11. The minimum absolute atomic E-state index is 0.108. The highest BCUT2D eigenvalue weighted by molar-refractivity contribution is 5.76.